The first kappa shape index (κ1) is 40.3. The Morgan fingerprint density at radius 2 is 0.721 bits per heavy atom. The van der Waals surface area contributed by atoms with Crippen molar-refractivity contribution in [1.82, 2.24) is 4.98 Å². The molecule has 5 heteroatoms. The number of hydrogen-bond donors (Lipinski definition) is 0. The van der Waals surface area contributed by atoms with Crippen molar-refractivity contribution in [3.8, 4) is 22.6 Å². The molecule has 0 aliphatic rings. The molecule has 0 spiro atoms. The van der Waals surface area contributed by atoms with Gasteiger partial charge in [0.1, 0.15) is 5.52 Å². The summed E-state index contributed by atoms with van der Waals surface area (Å²) in [4.78, 5) is 12.0. The van der Waals surface area contributed by atoms with E-state index in [4.69, 9.17) is 9.40 Å². The molecule has 0 amide bonds. The van der Waals surface area contributed by atoms with Crippen molar-refractivity contribution >= 4 is 83.8 Å². The number of fused-ring (bicyclic) bond motifs is 5. The lowest BCUT2D eigenvalue weighted by Gasteiger charge is -2.31. The fraction of sp³-hybridized carbons (Fsp3) is 0. The van der Waals surface area contributed by atoms with Crippen LogP contribution in [0.25, 0.3) is 55.2 Å². The third-order valence-corrected chi connectivity index (χ3v) is 12.6. The Labute approximate surface area is 395 Å². The van der Waals surface area contributed by atoms with E-state index in [1.165, 1.54) is 0 Å². The molecule has 0 atom stereocenters. The molecule has 0 N–H and O–H groups in total. The fourth-order valence-electron chi connectivity index (χ4n) is 9.49. The minimum Gasteiger partial charge on any atom is -0.435 e. The number of anilines is 9. The van der Waals surface area contributed by atoms with Crippen LogP contribution in [0.4, 0.5) is 51.2 Å². The third kappa shape index (κ3) is 7.58. The van der Waals surface area contributed by atoms with Gasteiger partial charge in [0.15, 0.2) is 5.58 Å². The lowest BCUT2D eigenvalue weighted by atomic mass is 9.98. The van der Waals surface area contributed by atoms with E-state index in [2.05, 4.69) is 251 Å². The van der Waals surface area contributed by atoms with Gasteiger partial charge in [0, 0.05) is 61.8 Å². The van der Waals surface area contributed by atoms with Crippen LogP contribution in [0.2, 0.25) is 0 Å². The number of nitrogens with zero attached hydrogens (tertiary/aromatic N) is 4. The van der Waals surface area contributed by atoms with E-state index >= 15 is 0 Å². The van der Waals surface area contributed by atoms with Gasteiger partial charge in [0.05, 0.1) is 5.69 Å². The summed E-state index contributed by atoms with van der Waals surface area (Å²) in [6.45, 7) is 0. The van der Waals surface area contributed by atoms with Gasteiger partial charge in [-0.2, -0.15) is 0 Å². The van der Waals surface area contributed by atoms with Gasteiger partial charge in [-0.3, -0.25) is 0 Å². The van der Waals surface area contributed by atoms with E-state index in [1.807, 2.05) is 30.3 Å². The Morgan fingerprint density at radius 1 is 0.294 bits per heavy atom. The van der Waals surface area contributed by atoms with Crippen LogP contribution in [0.1, 0.15) is 0 Å². The molecular weight excluding hydrogens is 829 g/mol. The highest BCUT2D eigenvalue weighted by Gasteiger charge is 2.22. The van der Waals surface area contributed by atoms with Crippen LogP contribution < -0.4 is 14.7 Å². The summed E-state index contributed by atoms with van der Waals surface area (Å²) in [5.41, 5.74) is 14.3. The third-order valence-electron chi connectivity index (χ3n) is 12.6. The summed E-state index contributed by atoms with van der Waals surface area (Å²) in [5.74, 6) is 0.610. The fourth-order valence-corrected chi connectivity index (χ4v) is 9.49. The van der Waals surface area contributed by atoms with Crippen LogP contribution in [-0.2, 0) is 0 Å². The van der Waals surface area contributed by atoms with E-state index < -0.39 is 0 Å². The van der Waals surface area contributed by atoms with Gasteiger partial charge >= 0.3 is 0 Å². The SMILES string of the molecule is c1ccc(-c2cccc(N(c3cccc(N(c4ccccc4)c4cccc(N(c5ccccc5)c5ccccc5)c4)c3)c3cccc4c3ccc3ccc5nc(-c6ccccc6)oc5c34)c2)cc1. The molecule has 12 aromatic rings. The molecule has 0 aliphatic carbocycles. The van der Waals surface area contributed by atoms with Gasteiger partial charge in [-0.15, -0.1) is 0 Å². The van der Waals surface area contributed by atoms with Crippen molar-refractivity contribution in [2.24, 2.45) is 0 Å². The molecule has 12 rings (SSSR count). The van der Waals surface area contributed by atoms with E-state index in [0.29, 0.717) is 5.89 Å². The topological polar surface area (TPSA) is 35.8 Å². The second-order valence-corrected chi connectivity index (χ2v) is 16.8. The van der Waals surface area contributed by atoms with Crippen LogP contribution in [0, 0.1) is 0 Å². The first-order valence-corrected chi connectivity index (χ1v) is 23.0. The number of oxazole rings is 1. The monoisotopic (exact) mass is 872 g/mol. The molecular formula is C63H44N4O. The number of aromatic nitrogens is 1. The molecule has 1 aromatic heterocycles. The molecule has 0 radical (unpaired) electrons. The molecule has 0 saturated carbocycles. The molecule has 322 valence electrons. The highest BCUT2D eigenvalue weighted by Crippen LogP contribution is 2.46. The first-order chi connectivity index (χ1) is 33.7. The van der Waals surface area contributed by atoms with E-state index in [9.17, 15) is 0 Å². The molecule has 1 heterocycles. The molecule has 11 aromatic carbocycles. The van der Waals surface area contributed by atoms with Crippen molar-refractivity contribution in [3.05, 3.63) is 267 Å². The molecule has 0 saturated heterocycles. The average molecular weight is 873 g/mol. The summed E-state index contributed by atoms with van der Waals surface area (Å²) >= 11 is 0. The lowest BCUT2D eigenvalue weighted by Crippen LogP contribution is -2.14. The summed E-state index contributed by atoms with van der Waals surface area (Å²) in [6.07, 6.45) is 0. The molecule has 0 unspecified atom stereocenters. The van der Waals surface area contributed by atoms with Crippen molar-refractivity contribution in [1.29, 1.82) is 0 Å². The maximum absolute atomic E-state index is 6.68. The summed E-state index contributed by atoms with van der Waals surface area (Å²) < 4.78 is 6.68. The summed E-state index contributed by atoms with van der Waals surface area (Å²) in [7, 11) is 0. The van der Waals surface area contributed by atoms with Gasteiger partial charge < -0.3 is 19.1 Å². The van der Waals surface area contributed by atoms with Crippen molar-refractivity contribution in [2.45, 2.75) is 0 Å². The number of hydrogen-bond acceptors (Lipinski definition) is 5. The Hall–Kier alpha value is -9.19. The maximum Gasteiger partial charge on any atom is 0.227 e. The Balaban J connectivity index is 1.05. The zero-order valence-corrected chi connectivity index (χ0v) is 37.1. The highest BCUT2D eigenvalue weighted by molar-refractivity contribution is 6.20. The predicted molar refractivity (Wildman–Crippen MR) is 284 cm³/mol. The minimum absolute atomic E-state index is 0.610. The van der Waals surface area contributed by atoms with Crippen LogP contribution >= 0.6 is 0 Å². The van der Waals surface area contributed by atoms with Crippen LogP contribution in [0.5, 0.6) is 0 Å². The lowest BCUT2D eigenvalue weighted by molar-refractivity contribution is 0.623. The molecule has 0 fully saturated rings. The van der Waals surface area contributed by atoms with E-state index in [1.54, 1.807) is 0 Å². The van der Waals surface area contributed by atoms with Gasteiger partial charge in [-0.1, -0.05) is 158 Å². The average Bonchev–Trinajstić information content (AvgIpc) is 3.86. The van der Waals surface area contributed by atoms with Gasteiger partial charge in [0.2, 0.25) is 5.89 Å². The Morgan fingerprint density at radius 3 is 1.29 bits per heavy atom. The minimum atomic E-state index is 0.610. The van der Waals surface area contributed by atoms with Gasteiger partial charge in [-0.05, 0) is 131 Å². The highest BCUT2D eigenvalue weighted by atomic mass is 16.3. The predicted octanol–water partition coefficient (Wildman–Crippen LogP) is 17.9. The quantitative estimate of drug-likeness (QED) is 0.121. The van der Waals surface area contributed by atoms with Crippen molar-refractivity contribution in [3.63, 3.8) is 0 Å². The summed E-state index contributed by atoms with van der Waals surface area (Å²) in [6, 6.07) is 94.3. The van der Waals surface area contributed by atoms with Gasteiger partial charge in [-0.25, -0.2) is 4.98 Å². The molecule has 0 aliphatic heterocycles. The van der Waals surface area contributed by atoms with Crippen LogP contribution in [0.15, 0.2) is 271 Å². The normalized spacial score (nSPS) is 11.2. The van der Waals surface area contributed by atoms with Crippen molar-refractivity contribution < 1.29 is 4.42 Å². The second-order valence-electron chi connectivity index (χ2n) is 16.8. The smallest absolute Gasteiger partial charge is 0.227 e. The van der Waals surface area contributed by atoms with E-state index in [-0.39, 0.29) is 0 Å². The molecule has 68 heavy (non-hydrogen) atoms. The number of benzene rings is 11. The zero-order valence-electron chi connectivity index (χ0n) is 37.1. The zero-order chi connectivity index (χ0) is 45.2. The maximum atomic E-state index is 6.68. The van der Waals surface area contributed by atoms with Crippen molar-refractivity contribution in [2.75, 3.05) is 14.7 Å². The second kappa shape index (κ2) is 17.7. The standard InChI is InChI=1S/C63H44N4O/c1-6-20-45(21-7-1)48-24-16-31-52(42-48)67(60-37-19-36-58-57(60)40-38-46-39-41-59-62(61(46)58)68-63(64-59)47-22-8-2-9-23-47)56-35-18-34-55(44-56)66(51-29-14-5-15-30-51)54-33-17-32-53(43-54)65(49-25-10-3-11-26-49)50-27-12-4-13-28-50/h1-44H. The van der Waals surface area contributed by atoms with Crippen LogP contribution in [-0.4, -0.2) is 4.98 Å². The number of para-hydroxylation sites is 3. The largest absolute Gasteiger partial charge is 0.435 e. The molecule has 0 bridgehead atoms. The Bertz CT molecular complexity index is 3650. The van der Waals surface area contributed by atoms with E-state index in [0.717, 1.165) is 101 Å². The summed E-state index contributed by atoms with van der Waals surface area (Å²) in [5, 5.41) is 4.32. The first-order valence-electron chi connectivity index (χ1n) is 23.0. The molecule has 5 nitrogen and oxygen atoms in total. The van der Waals surface area contributed by atoms with Crippen LogP contribution in [0.3, 0.4) is 0 Å². The van der Waals surface area contributed by atoms with Gasteiger partial charge in [0.25, 0.3) is 0 Å². The number of rotatable bonds is 11. The Kier molecular flexibility index (Phi) is 10.5.